The van der Waals surface area contributed by atoms with E-state index < -0.39 is 11.9 Å². The largest absolute Gasteiger partial charge is 0.512 e. The second-order valence-electron chi connectivity index (χ2n) is 20.4. The van der Waals surface area contributed by atoms with Crippen molar-refractivity contribution >= 4 is 45.5 Å². The molecule has 1 unspecified atom stereocenters. The van der Waals surface area contributed by atoms with Gasteiger partial charge in [0, 0.05) is 74.2 Å². The third-order valence-electron chi connectivity index (χ3n) is 14.9. The van der Waals surface area contributed by atoms with E-state index >= 15 is 0 Å². The lowest BCUT2D eigenvalue weighted by Crippen LogP contribution is -2.18. The van der Waals surface area contributed by atoms with Gasteiger partial charge in [0.2, 0.25) is 0 Å². The number of allylic oxidation sites excluding steroid dienone is 1. The summed E-state index contributed by atoms with van der Waals surface area (Å²) in [5.41, 5.74) is 9.71. The third-order valence-corrected chi connectivity index (χ3v) is 14.9. The molecule has 7 atom stereocenters. The molecule has 0 spiro atoms. The van der Waals surface area contributed by atoms with E-state index in [4.69, 9.17) is 19.4 Å². The molecule has 3 aromatic rings. The number of carbonyl (C=O) groups excluding carboxylic acids is 2. The summed E-state index contributed by atoms with van der Waals surface area (Å²) in [6.07, 6.45) is 14.8. The first-order valence-electron chi connectivity index (χ1n) is 24.7. The number of hydrogen-bond acceptors (Lipinski definition) is 8. The minimum Gasteiger partial charge on any atom is -0.512 e. The summed E-state index contributed by atoms with van der Waals surface area (Å²) in [5.74, 6) is 0.302. The highest BCUT2D eigenvalue weighted by molar-refractivity contribution is 5.96. The van der Waals surface area contributed by atoms with Gasteiger partial charge in [-0.25, -0.2) is 0 Å². The van der Waals surface area contributed by atoms with Gasteiger partial charge < -0.3 is 29.7 Å². The van der Waals surface area contributed by atoms with Crippen LogP contribution >= 0.6 is 0 Å². The van der Waals surface area contributed by atoms with E-state index in [-0.39, 0.29) is 54.2 Å². The molecule has 5 heterocycles. The Labute approximate surface area is 387 Å². The topological polar surface area (TPSA) is 150 Å². The van der Waals surface area contributed by atoms with Gasteiger partial charge in [0.25, 0.3) is 0 Å². The van der Waals surface area contributed by atoms with Crippen molar-refractivity contribution in [3.05, 3.63) is 79.8 Å². The van der Waals surface area contributed by atoms with Crippen LogP contribution in [0, 0.1) is 31.6 Å². The molecule has 4 N–H and O–H groups in total. The van der Waals surface area contributed by atoms with Gasteiger partial charge in [0.15, 0.2) is 0 Å². The Hall–Kier alpha value is -4.86. The van der Waals surface area contributed by atoms with Crippen LogP contribution in [0.15, 0.2) is 29.8 Å². The fraction of sp³-hybridized carbons (Fsp3) is 0.600. The maximum atomic E-state index is 13.7. The van der Waals surface area contributed by atoms with Crippen LogP contribution in [0.25, 0.3) is 33.6 Å². The lowest BCUT2D eigenvalue weighted by Gasteiger charge is -2.19. The Morgan fingerprint density at radius 3 is 2.05 bits per heavy atom. The summed E-state index contributed by atoms with van der Waals surface area (Å²) < 4.78 is 11.1. The fourth-order valence-electron chi connectivity index (χ4n) is 10.8. The Balaban J connectivity index is 1.25. The second kappa shape index (κ2) is 21.6. The lowest BCUT2D eigenvalue weighted by molar-refractivity contribution is -0.143. The molecule has 0 saturated carbocycles. The molecule has 3 aliphatic rings. The highest BCUT2D eigenvalue weighted by Crippen LogP contribution is 2.46. The van der Waals surface area contributed by atoms with Gasteiger partial charge in [0.1, 0.15) is 18.3 Å². The molecule has 2 aliphatic heterocycles. The van der Waals surface area contributed by atoms with Crippen molar-refractivity contribution in [2.45, 2.75) is 183 Å². The van der Waals surface area contributed by atoms with Crippen molar-refractivity contribution in [1.29, 1.82) is 0 Å². The number of aryl methyl sites for hydroxylation is 2. The number of H-pyrrole nitrogens is 2. The number of ether oxygens (including phenoxy) is 2. The molecule has 8 bridgehead atoms. The Kier molecular flexibility index (Phi) is 16.5. The van der Waals surface area contributed by atoms with Crippen LogP contribution in [0.1, 0.15) is 208 Å². The highest BCUT2D eigenvalue weighted by atomic mass is 16.5. The monoisotopic (exact) mass is 891 g/mol. The lowest BCUT2D eigenvalue weighted by atomic mass is 9.84. The van der Waals surface area contributed by atoms with Crippen molar-refractivity contribution < 1.29 is 29.3 Å². The number of carbonyl (C=O) groups is 2. The van der Waals surface area contributed by atoms with E-state index in [0.717, 1.165) is 81.1 Å². The van der Waals surface area contributed by atoms with E-state index in [1.807, 2.05) is 26.0 Å². The second-order valence-corrected chi connectivity index (χ2v) is 20.4. The van der Waals surface area contributed by atoms with Crippen LogP contribution in [0.2, 0.25) is 0 Å². The van der Waals surface area contributed by atoms with E-state index in [2.05, 4.69) is 77.5 Å². The number of aromatic nitrogens is 4. The van der Waals surface area contributed by atoms with Gasteiger partial charge in [0.05, 0.1) is 29.6 Å². The Morgan fingerprint density at radius 1 is 0.800 bits per heavy atom. The molecule has 0 saturated heterocycles. The van der Waals surface area contributed by atoms with Crippen LogP contribution in [0.3, 0.4) is 0 Å². The maximum absolute atomic E-state index is 13.7. The van der Waals surface area contributed by atoms with E-state index in [1.54, 1.807) is 6.92 Å². The number of aliphatic hydroxyl groups excluding tert-OH is 2. The van der Waals surface area contributed by atoms with Crippen molar-refractivity contribution in [2.75, 3.05) is 13.7 Å². The van der Waals surface area contributed by atoms with Crippen LogP contribution < -0.4 is 10.4 Å². The number of methoxy groups -OCH3 is 1. The third kappa shape index (κ3) is 11.1. The molecule has 0 radical (unpaired) electrons. The van der Waals surface area contributed by atoms with E-state index in [1.165, 1.54) is 57.6 Å². The molecule has 0 amide bonds. The summed E-state index contributed by atoms with van der Waals surface area (Å²) in [5, 5.41) is 24.2. The highest BCUT2D eigenvalue weighted by Gasteiger charge is 2.42. The maximum Gasteiger partial charge on any atom is 0.321 e. The van der Waals surface area contributed by atoms with Gasteiger partial charge in [-0.1, -0.05) is 99.0 Å². The standard InChI is InChI=1S/C55H78N4O6/c1-13-39-34(7)41-29-46-48(38(11)60)36(9)43(57-46)27-42-35(8)40(52(58-42)50-51(55(63)64-12)54(62)49-37(10)44(59-53(49)50)28-45(39)56-41)23-24-47(61)65-26-25-33(6)22-16-21-32(5)20-15-19-31(4)18-14-17-30(2)3/h25,27-32,34-35,39-40,51,57,59-60,62H,13-24,26H2,1-12H3/b33-25+,42-27?,45-28?,46-29?,48-38-/t31-,32?,34-,35+,39-,40+,51-/m1/s1. The molecule has 65 heavy (non-hydrogen) atoms. The number of aromatic amines is 2. The quantitative estimate of drug-likeness (QED) is 0.0686. The number of fused-ring (bicyclic) bond motifs is 8. The summed E-state index contributed by atoms with van der Waals surface area (Å²) in [7, 11) is 1.33. The predicted molar refractivity (Wildman–Crippen MR) is 264 cm³/mol. The number of aliphatic hydroxyl groups is 2. The number of nitrogens with zero attached hydrogens (tertiary/aromatic N) is 2. The average molecular weight is 891 g/mol. The van der Waals surface area contributed by atoms with Gasteiger partial charge in [-0.3, -0.25) is 19.6 Å². The van der Waals surface area contributed by atoms with Crippen molar-refractivity contribution in [1.82, 2.24) is 19.9 Å². The summed E-state index contributed by atoms with van der Waals surface area (Å²) in [6, 6.07) is 6.12. The predicted octanol–water partition coefficient (Wildman–Crippen LogP) is 12.4. The van der Waals surface area contributed by atoms with Crippen LogP contribution in [0.5, 0.6) is 0 Å². The molecule has 10 nitrogen and oxygen atoms in total. The minimum absolute atomic E-state index is 0.0748. The van der Waals surface area contributed by atoms with Crippen LogP contribution in [-0.2, 0) is 19.1 Å². The van der Waals surface area contributed by atoms with Gasteiger partial charge in [-0.2, -0.15) is 0 Å². The molecule has 0 fully saturated rings. The average Bonchev–Trinajstić information content (AvgIpc) is 4.00. The zero-order valence-electron chi connectivity index (χ0n) is 41.5. The molecule has 10 heteroatoms. The van der Waals surface area contributed by atoms with Crippen LogP contribution in [0.4, 0.5) is 0 Å². The van der Waals surface area contributed by atoms with Crippen molar-refractivity contribution in [3.63, 3.8) is 0 Å². The minimum atomic E-state index is -1.09. The molecular formula is C55H78N4O6. The van der Waals surface area contributed by atoms with Gasteiger partial charge >= 0.3 is 11.9 Å². The molecule has 3 aromatic heterocycles. The molecule has 1 aliphatic carbocycles. The normalized spacial score (nSPS) is 20.9. The number of rotatable bonds is 19. The number of hydrogen-bond donors (Lipinski definition) is 4. The van der Waals surface area contributed by atoms with Gasteiger partial charge in [-0.15, -0.1) is 0 Å². The van der Waals surface area contributed by atoms with E-state index in [9.17, 15) is 19.8 Å². The zero-order chi connectivity index (χ0) is 47.3. The first kappa shape index (κ1) is 49.6. The summed E-state index contributed by atoms with van der Waals surface area (Å²) in [4.78, 5) is 44.8. The van der Waals surface area contributed by atoms with Gasteiger partial charge in [-0.05, 0) is 107 Å². The van der Waals surface area contributed by atoms with Crippen molar-refractivity contribution in [3.8, 4) is 0 Å². The van der Waals surface area contributed by atoms with Crippen molar-refractivity contribution in [2.24, 2.45) is 17.8 Å². The number of esters is 2. The Morgan fingerprint density at radius 2 is 1.40 bits per heavy atom. The SMILES string of the molecule is CC[C@H]1c2cc3[nH]c4c(c5nc(cc6[nH]c(cc(n2)[C@@H]1C)/c(=C(/C)O)c6C)[C@@H](C)[C@@H]5CCC(=O)OC/C=C(\C)CCCC(C)CCC[C@H](C)CCCC(C)C)[C@@H](C(=O)OC)C(O)=c4c3C. The first-order valence-corrected chi connectivity index (χ1v) is 24.7. The zero-order valence-corrected chi connectivity index (χ0v) is 41.5. The molecular weight excluding hydrogens is 813 g/mol. The first-order chi connectivity index (χ1) is 30.9. The molecule has 0 aromatic carbocycles. The molecule has 354 valence electrons. The van der Waals surface area contributed by atoms with Crippen LogP contribution in [-0.4, -0.2) is 55.8 Å². The summed E-state index contributed by atoms with van der Waals surface area (Å²) in [6.45, 7) is 23.8. The Bertz CT molecular complexity index is 2540. The number of nitrogens with one attached hydrogen (secondary N) is 2. The van der Waals surface area contributed by atoms with E-state index in [0.29, 0.717) is 34.3 Å². The molecule has 6 rings (SSSR count). The smallest absolute Gasteiger partial charge is 0.321 e. The fourth-order valence-corrected chi connectivity index (χ4v) is 10.8. The summed E-state index contributed by atoms with van der Waals surface area (Å²) >= 11 is 0.